The molecule has 0 aromatic heterocycles. The Labute approximate surface area is 205 Å². The highest BCUT2D eigenvalue weighted by Crippen LogP contribution is 2.34. The lowest BCUT2D eigenvalue weighted by Gasteiger charge is -2.28. The molecule has 0 atom stereocenters. The quantitative estimate of drug-likeness (QED) is 0.538. The standard InChI is InChI=1S/C23H20Cl2N2O5S/c24-17-6-5-15(11-18(17)25)14-32-19-4-2-1-3-16(19)12-20-22(29)27(23(30)33-20)13-21(28)26-7-9-31-10-8-26/h1-6,11-12H,7-10,13-14H2/b20-12+. The van der Waals surface area contributed by atoms with Crippen LogP contribution in [0.3, 0.4) is 0 Å². The van der Waals surface area contributed by atoms with Crippen molar-refractivity contribution in [1.29, 1.82) is 0 Å². The summed E-state index contributed by atoms with van der Waals surface area (Å²) in [7, 11) is 0. The van der Waals surface area contributed by atoms with E-state index in [1.165, 1.54) is 0 Å². The number of rotatable bonds is 6. The first-order chi connectivity index (χ1) is 15.9. The number of para-hydroxylation sites is 1. The summed E-state index contributed by atoms with van der Waals surface area (Å²) < 4.78 is 11.2. The molecule has 2 heterocycles. The van der Waals surface area contributed by atoms with Gasteiger partial charge < -0.3 is 14.4 Å². The Hall–Kier alpha value is -2.52. The van der Waals surface area contributed by atoms with E-state index in [0.29, 0.717) is 47.7 Å². The largest absolute Gasteiger partial charge is 0.488 e. The van der Waals surface area contributed by atoms with Crippen LogP contribution in [0.15, 0.2) is 47.4 Å². The fourth-order valence-electron chi connectivity index (χ4n) is 3.35. The molecule has 4 rings (SSSR count). The number of hydrogen-bond donors (Lipinski definition) is 0. The third-order valence-corrected chi connectivity index (χ3v) is 6.76. The molecule has 2 saturated heterocycles. The molecule has 2 aromatic rings. The van der Waals surface area contributed by atoms with Crippen LogP contribution in [-0.4, -0.2) is 59.7 Å². The summed E-state index contributed by atoms with van der Waals surface area (Å²) in [6, 6.07) is 12.4. The van der Waals surface area contributed by atoms with Crippen LogP contribution in [0, 0.1) is 0 Å². The van der Waals surface area contributed by atoms with Crippen LogP contribution in [0.25, 0.3) is 6.08 Å². The zero-order valence-corrected chi connectivity index (χ0v) is 19.8. The van der Waals surface area contributed by atoms with Crippen molar-refractivity contribution >= 4 is 58.1 Å². The topological polar surface area (TPSA) is 76.2 Å². The molecule has 172 valence electrons. The number of ether oxygens (including phenoxy) is 2. The second-order valence-corrected chi connectivity index (χ2v) is 9.14. The fraction of sp³-hybridized carbons (Fsp3) is 0.261. The Morgan fingerprint density at radius 3 is 2.61 bits per heavy atom. The number of benzene rings is 2. The highest BCUT2D eigenvalue weighted by atomic mass is 35.5. The van der Waals surface area contributed by atoms with Crippen LogP contribution in [0.5, 0.6) is 5.75 Å². The zero-order valence-electron chi connectivity index (χ0n) is 17.5. The molecule has 0 radical (unpaired) electrons. The number of carbonyl (C=O) groups excluding carboxylic acids is 3. The summed E-state index contributed by atoms with van der Waals surface area (Å²) in [5.74, 6) is -0.224. The zero-order chi connectivity index (χ0) is 23.4. The first kappa shape index (κ1) is 23.6. The van der Waals surface area contributed by atoms with Gasteiger partial charge in [0.2, 0.25) is 5.91 Å². The van der Waals surface area contributed by atoms with E-state index in [2.05, 4.69) is 0 Å². The van der Waals surface area contributed by atoms with E-state index in [-0.39, 0.29) is 24.0 Å². The van der Waals surface area contributed by atoms with Crippen molar-refractivity contribution in [3.8, 4) is 5.75 Å². The van der Waals surface area contributed by atoms with Crippen molar-refractivity contribution in [2.45, 2.75) is 6.61 Å². The molecule has 2 aliphatic rings. The van der Waals surface area contributed by atoms with Gasteiger partial charge in [-0.1, -0.05) is 47.5 Å². The molecular formula is C23H20Cl2N2O5S. The third kappa shape index (κ3) is 5.70. The van der Waals surface area contributed by atoms with Gasteiger partial charge in [0, 0.05) is 18.7 Å². The van der Waals surface area contributed by atoms with Gasteiger partial charge in [0.25, 0.3) is 11.1 Å². The van der Waals surface area contributed by atoms with E-state index in [4.69, 9.17) is 32.7 Å². The van der Waals surface area contributed by atoms with Crippen molar-refractivity contribution in [2.24, 2.45) is 0 Å². The molecule has 0 unspecified atom stereocenters. The predicted octanol–water partition coefficient (Wildman–Crippen LogP) is 4.47. The molecular weight excluding hydrogens is 487 g/mol. The Balaban J connectivity index is 1.46. The minimum atomic E-state index is -0.495. The molecule has 0 spiro atoms. The highest BCUT2D eigenvalue weighted by Gasteiger charge is 2.37. The van der Waals surface area contributed by atoms with Gasteiger partial charge in [0.1, 0.15) is 18.9 Å². The molecule has 10 heteroatoms. The van der Waals surface area contributed by atoms with Crippen LogP contribution in [0.4, 0.5) is 4.79 Å². The Bertz CT molecular complexity index is 1120. The molecule has 7 nitrogen and oxygen atoms in total. The molecule has 0 bridgehead atoms. The van der Waals surface area contributed by atoms with E-state index < -0.39 is 11.1 Å². The lowest BCUT2D eigenvalue weighted by Crippen LogP contribution is -2.46. The highest BCUT2D eigenvalue weighted by molar-refractivity contribution is 8.18. The average Bonchev–Trinajstić information content (AvgIpc) is 3.08. The van der Waals surface area contributed by atoms with Crippen LogP contribution in [-0.2, 0) is 20.9 Å². The lowest BCUT2D eigenvalue weighted by atomic mass is 10.1. The average molecular weight is 507 g/mol. The second-order valence-electron chi connectivity index (χ2n) is 7.34. The smallest absolute Gasteiger partial charge is 0.294 e. The first-order valence-electron chi connectivity index (χ1n) is 10.2. The molecule has 0 aliphatic carbocycles. The molecule has 3 amide bonds. The van der Waals surface area contributed by atoms with Gasteiger partial charge in [-0.25, -0.2) is 0 Å². The van der Waals surface area contributed by atoms with Crippen LogP contribution in [0.1, 0.15) is 11.1 Å². The molecule has 2 aliphatic heterocycles. The lowest BCUT2D eigenvalue weighted by molar-refractivity contribution is -0.139. The number of nitrogens with zero attached hydrogens (tertiary/aromatic N) is 2. The summed E-state index contributed by atoms with van der Waals surface area (Å²) in [6.45, 7) is 1.77. The Morgan fingerprint density at radius 1 is 1.09 bits per heavy atom. The normalized spacial score (nSPS) is 17.7. The number of imide groups is 1. The predicted molar refractivity (Wildman–Crippen MR) is 127 cm³/mol. The number of morpholine rings is 1. The van der Waals surface area contributed by atoms with Crippen molar-refractivity contribution in [2.75, 3.05) is 32.8 Å². The van der Waals surface area contributed by atoms with Gasteiger partial charge in [-0.2, -0.15) is 0 Å². The Kier molecular flexibility index (Phi) is 7.60. The van der Waals surface area contributed by atoms with Gasteiger partial charge >= 0.3 is 0 Å². The van der Waals surface area contributed by atoms with Gasteiger partial charge in [-0.05, 0) is 41.6 Å². The second kappa shape index (κ2) is 10.6. The van der Waals surface area contributed by atoms with Crippen molar-refractivity contribution in [3.05, 3.63) is 68.5 Å². The van der Waals surface area contributed by atoms with Crippen LogP contribution < -0.4 is 4.74 Å². The molecule has 0 saturated carbocycles. The molecule has 2 fully saturated rings. The monoisotopic (exact) mass is 506 g/mol. The number of carbonyl (C=O) groups is 3. The summed E-state index contributed by atoms with van der Waals surface area (Å²) >= 11 is 12.8. The van der Waals surface area contributed by atoms with Crippen LogP contribution >= 0.6 is 35.0 Å². The summed E-state index contributed by atoms with van der Waals surface area (Å²) in [4.78, 5) is 40.6. The number of amides is 3. The van der Waals surface area contributed by atoms with Gasteiger partial charge in [-0.3, -0.25) is 19.3 Å². The number of halogens is 2. The Morgan fingerprint density at radius 2 is 1.85 bits per heavy atom. The van der Waals surface area contributed by atoms with Crippen LogP contribution in [0.2, 0.25) is 10.0 Å². The van der Waals surface area contributed by atoms with Crippen molar-refractivity contribution < 1.29 is 23.9 Å². The van der Waals surface area contributed by atoms with Gasteiger partial charge in [0.05, 0.1) is 28.2 Å². The van der Waals surface area contributed by atoms with E-state index >= 15 is 0 Å². The molecule has 33 heavy (non-hydrogen) atoms. The summed E-state index contributed by atoms with van der Waals surface area (Å²) in [5.41, 5.74) is 1.48. The maximum absolute atomic E-state index is 12.9. The summed E-state index contributed by atoms with van der Waals surface area (Å²) in [6.07, 6.45) is 1.61. The third-order valence-electron chi connectivity index (χ3n) is 5.11. The number of hydrogen-bond acceptors (Lipinski definition) is 6. The van der Waals surface area contributed by atoms with Gasteiger partial charge in [0.15, 0.2) is 0 Å². The van der Waals surface area contributed by atoms with E-state index in [9.17, 15) is 14.4 Å². The molecule has 0 N–H and O–H groups in total. The van der Waals surface area contributed by atoms with Crippen molar-refractivity contribution in [1.82, 2.24) is 9.80 Å². The minimum Gasteiger partial charge on any atom is -0.488 e. The maximum atomic E-state index is 12.9. The maximum Gasteiger partial charge on any atom is 0.294 e. The van der Waals surface area contributed by atoms with E-state index in [1.54, 1.807) is 35.2 Å². The minimum absolute atomic E-state index is 0.236. The fourth-order valence-corrected chi connectivity index (χ4v) is 4.50. The number of thioether (sulfide) groups is 1. The summed E-state index contributed by atoms with van der Waals surface area (Å²) in [5, 5.41) is 0.428. The first-order valence-corrected chi connectivity index (χ1v) is 11.8. The SMILES string of the molecule is O=C(CN1C(=O)S/C(=C/c2ccccc2OCc2ccc(Cl)c(Cl)c2)C1=O)N1CCOCC1. The van der Waals surface area contributed by atoms with E-state index in [0.717, 1.165) is 22.2 Å². The van der Waals surface area contributed by atoms with E-state index in [1.807, 2.05) is 18.2 Å². The van der Waals surface area contributed by atoms with Gasteiger partial charge in [-0.15, -0.1) is 0 Å². The molecule has 2 aromatic carbocycles. The van der Waals surface area contributed by atoms with Crippen molar-refractivity contribution in [3.63, 3.8) is 0 Å².